The van der Waals surface area contributed by atoms with Gasteiger partial charge in [-0.25, -0.2) is 5.06 Å². The number of nitrogens with one attached hydrogen (secondary N) is 1. The molecule has 1 unspecified atom stereocenters. The SMILES string of the molecule is Cn1cc(C2=C(c3c4c(n5ccccc35)CC(N(C=O)OC(C)(C)C)CC4)C(=O)NC2=O)c2ccccc21. The largest absolute Gasteiger partial charge is 0.350 e. The number of benzene rings is 1. The van der Waals surface area contributed by atoms with Gasteiger partial charge in [-0.15, -0.1) is 0 Å². The molecular formula is C30H30N4O4. The number of pyridine rings is 1. The third-order valence-electron chi connectivity index (χ3n) is 7.40. The van der Waals surface area contributed by atoms with Gasteiger partial charge in [0.15, 0.2) is 0 Å². The zero-order chi connectivity index (χ0) is 26.8. The molecule has 3 aromatic heterocycles. The zero-order valence-corrected chi connectivity index (χ0v) is 21.9. The Morgan fingerprint density at radius 1 is 1.03 bits per heavy atom. The maximum absolute atomic E-state index is 13.4. The molecule has 8 heteroatoms. The van der Waals surface area contributed by atoms with E-state index in [1.807, 2.05) is 87.2 Å². The van der Waals surface area contributed by atoms with Crippen LogP contribution in [0.15, 0.2) is 54.9 Å². The molecule has 1 aliphatic heterocycles. The van der Waals surface area contributed by atoms with E-state index >= 15 is 0 Å². The molecule has 0 fully saturated rings. The summed E-state index contributed by atoms with van der Waals surface area (Å²) in [6.07, 6.45) is 6.54. The van der Waals surface area contributed by atoms with E-state index in [-0.39, 0.29) is 17.9 Å². The number of carbonyl (C=O) groups excluding carboxylic acids is 3. The molecule has 4 aromatic rings. The van der Waals surface area contributed by atoms with Crippen LogP contribution >= 0.6 is 0 Å². The van der Waals surface area contributed by atoms with E-state index in [9.17, 15) is 14.4 Å². The Kier molecular flexibility index (Phi) is 5.54. The fourth-order valence-corrected chi connectivity index (χ4v) is 5.94. The average molecular weight is 511 g/mol. The maximum atomic E-state index is 13.4. The van der Waals surface area contributed by atoms with Crippen molar-refractivity contribution >= 4 is 45.8 Å². The minimum absolute atomic E-state index is 0.143. The second kappa shape index (κ2) is 8.70. The summed E-state index contributed by atoms with van der Waals surface area (Å²) in [5, 5.41) is 4.92. The highest BCUT2D eigenvalue weighted by Crippen LogP contribution is 2.42. The van der Waals surface area contributed by atoms with E-state index in [0.717, 1.165) is 45.2 Å². The van der Waals surface area contributed by atoms with Gasteiger partial charge in [0, 0.05) is 53.6 Å². The number of hydroxylamine groups is 2. The highest BCUT2D eigenvalue weighted by molar-refractivity contribution is 6.50. The summed E-state index contributed by atoms with van der Waals surface area (Å²) in [6, 6.07) is 13.6. The summed E-state index contributed by atoms with van der Waals surface area (Å²) in [4.78, 5) is 44.6. The first kappa shape index (κ1) is 24.2. The summed E-state index contributed by atoms with van der Waals surface area (Å²) in [6.45, 7) is 5.75. The Morgan fingerprint density at radius 3 is 2.50 bits per heavy atom. The molecule has 1 aromatic carbocycles. The highest BCUT2D eigenvalue weighted by Gasteiger charge is 2.39. The number of hydrogen-bond acceptors (Lipinski definition) is 4. The average Bonchev–Trinajstić information content (AvgIpc) is 3.49. The number of carbonyl (C=O) groups is 3. The maximum Gasteiger partial charge on any atom is 0.259 e. The van der Waals surface area contributed by atoms with Crippen LogP contribution in [0.1, 0.15) is 49.6 Å². The fraction of sp³-hybridized carbons (Fsp3) is 0.300. The van der Waals surface area contributed by atoms with Gasteiger partial charge in [0.2, 0.25) is 6.41 Å². The Labute approximate surface area is 220 Å². The number of hydrogen-bond donors (Lipinski definition) is 1. The molecule has 0 saturated carbocycles. The molecule has 1 atom stereocenters. The molecule has 8 nitrogen and oxygen atoms in total. The smallest absolute Gasteiger partial charge is 0.259 e. The molecule has 1 aliphatic carbocycles. The summed E-state index contributed by atoms with van der Waals surface area (Å²) < 4.78 is 4.06. The number of amides is 3. The van der Waals surface area contributed by atoms with Crippen LogP contribution in [0, 0.1) is 0 Å². The van der Waals surface area contributed by atoms with E-state index in [2.05, 4.69) is 9.72 Å². The summed E-state index contributed by atoms with van der Waals surface area (Å²) >= 11 is 0. The molecule has 0 saturated heterocycles. The summed E-state index contributed by atoms with van der Waals surface area (Å²) in [5.41, 5.74) is 5.75. The Morgan fingerprint density at radius 2 is 1.74 bits per heavy atom. The van der Waals surface area contributed by atoms with Gasteiger partial charge in [-0.3, -0.25) is 24.5 Å². The zero-order valence-electron chi connectivity index (χ0n) is 21.9. The number of rotatable bonds is 5. The standard InChI is InChI=1S/C30H30N4O4/c1-30(2,3)38-34(17-35)18-12-13-20-24(15-18)33-14-8-7-11-23(33)25(20)27-26(28(36)31-29(27)37)21-16-32(4)22-10-6-5-9-19(21)22/h5-11,14,16-18H,12-13,15H2,1-4H3,(H,31,36,37). The lowest BCUT2D eigenvalue weighted by atomic mass is 9.87. The number of para-hydroxylation sites is 1. The first-order valence-corrected chi connectivity index (χ1v) is 12.9. The van der Waals surface area contributed by atoms with Gasteiger partial charge >= 0.3 is 0 Å². The van der Waals surface area contributed by atoms with Crippen molar-refractivity contribution in [3.05, 3.63) is 77.2 Å². The molecule has 0 spiro atoms. The van der Waals surface area contributed by atoms with Crippen molar-refractivity contribution in [2.24, 2.45) is 7.05 Å². The van der Waals surface area contributed by atoms with Gasteiger partial charge in [-0.2, -0.15) is 0 Å². The van der Waals surface area contributed by atoms with Crippen molar-refractivity contribution in [3.8, 4) is 0 Å². The minimum atomic E-state index is -0.506. The van der Waals surface area contributed by atoms with Gasteiger partial charge in [0.05, 0.1) is 28.3 Å². The Hall–Kier alpha value is -4.17. The Bertz CT molecular complexity index is 1670. The predicted octanol–water partition coefficient (Wildman–Crippen LogP) is 4.04. The molecule has 4 heterocycles. The van der Waals surface area contributed by atoms with Gasteiger partial charge in [-0.05, 0) is 57.4 Å². The number of nitrogens with zero attached hydrogens (tertiary/aromatic N) is 3. The van der Waals surface area contributed by atoms with Gasteiger partial charge in [-0.1, -0.05) is 24.3 Å². The van der Waals surface area contributed by atoms with Gasteiger partial charge < -0.3 is 8.97 Å². The number of imide groups is 1. The molecule has 2 aliphatic rings. The minimum Gasteiger partial charge on any atom is -0.350 e. The lowest BCUT2D eigenvalue weighted by Crippen LogP contribution is -2.43. The lowest BCUT2D eigenvalue weighted by molar-refractivity contribution is -0.233. The first-order valence-electron chi connectivity index (χ1n) is 12.9. The topological polar surface area (TPSA) is 85.0 Å². The highest BCUT2D eigenvalue weighted by atomic mass is 16.7. The van der Waals surface area contributed by atoms with Crippen molar-refractivity contribution in [1.82, 2.24) is 19.3 Å². The van der Waals surface area contributed by atoms with E-state index in [1.54, 1.807) is 0 Å². The number of aromatic nitrogens is 2. The van der Waals surface area contributed by atoms with Crippen LogP contribution in [0.3, 0.4) is 0 Å². The van der Waals surface area contributed by atoms with Crippen LogP contribution in [0.5, 0.6) is 0 Å². The van der Waals surface area contributed by atoms with Crippen molar-refractivity contribution in [2.45, 2.75) is 51.7 Å². The third kappa shape index (κ3) is 3.75. The number of fused-ring (bicyclic) bond motifs is 4. The van der Waals surface area contributed by atoms with Crippen LogP contribution in [0.2, 0.25) is 0 Å². The molecule has 1 N–H and O–H groups in total. The van der Waals surface area contributed by atoms with E-state index in [0.29, 0.717) is 30.4 Å². The van der Waals surface area contributed by atoms with E-state index in [1.165, 1.54) is 5.06 Å². The summed E-state index contributed by atoms with van der Waals surface area (Å²) in [5.74, 6) is -0.769. The Balaban J connectivity index is 1.56. The monoisotopic (exact) mass is 510 g/mol. The molecular weight excluding hydrogens is 480 g/mol. The van der Waals surface area contributed by atoms with Crippen LogP contribution in [-0.4, -0.2) is 43.9 Å². The number of aryl methyl sites for hydroxylation is 1. The predicted molar refractivity (Wildman–Crippen MR) is 145 cm³/mol. The van der Waals surface area contributed by atoms with Crippen molar-refractivity contribution < 1.29 is 19.2 Å². The lowest BCUT2D eigenvalue weighted by Gasteiger charge is -2.35. The quantitative estimate of drug-likeness (QED) is 0.250. The van der Waals surface area contributed by atoms with Gasteiger partial charge in [0.25, 0.3) is 11.8 Å². The molecule has 0 bridgehead atoms. The van der Waals surface area contributed by atoms with Crippen LogP contribution in [0.25, 0.3) is 27.6 Å². The van der Waals surface area contributed by atoms with Crippen LogP contribution in [0.4, 0.5) is 0 Å². The molecule has 0 radical (unpaired) electrons. The molecule has 6 rings (SSSR count). The molecule has 38 heavy (non-hydrogen) atoms. The van der Waals surface area contributed by atoms with Crippen LogP contribution < -0.4 is 5.32 Å². The fourth-order valence-electron chi connectivity index (χ4n) is 5.94. The summed E-state index contributed by atoms with van der Waals surface area (Å²) in [7, 11) is 1.94. The normalized spacial score (nSPS) is 17.8. The van der Waals surface area contributed by atoms with Crippen molar-refractivity contribution in [3.63, 3.8) is 0 Å². The van der Waals surface area contributed by atoms with Crippen molar-refractivity contribution in [2.75, 3.05) is 0 Å². The van der Waals surface area contributed by atoms with E-state index < -0.39 is 5.60 Å². The van der Waals surface area contributed by atoms with Crippen LogP contribution in [-0.2, 0) is 39.1 Å². The van der Waals surface area contributed by atoms with Gasteiger partial charge in [0.1, 0.15) is 0 Å². The molecule has 3 amide bonds. The second-order valence-corrected chi connectivity index (χ2v) is 11.0. The van der Waals surface area contributed by atoms with E-state index in [4.69, 9.17) is 4.84 Å². The third-order valence-corrected chi connectivity index (χ3v) is 7.40. The van der Waals surface area contributed by atoms with Crippen molar-refractivity contribution in [1.29, 1.82) is 0 Å². The second-order valence-electron chi connectivity index (χ2n) is 11.0. The first-order chi connectivity index (χ1) is 18.2. The molecule has 194 valence electrons.